The first-order valence-corrected chi connectivity index (χ1v) is 11.6. The molecule has 0 bridgehead atoms. The molecule has 35 heavy (non-hydrogen) atoms. The highest BCUT2D eigenvalue weighted by molar-refractivity contribution is 5.98. The molecule has 9 nitrogen and oxygen atoms in total. The Kier molecular flexibility index (Phi) is 6.19. The smallest absolute Gasteiger partial charge is 0.368 e. The fraction of sp³-hybridized carbons (Fsp3) is 0.783. The van der Waals surface area contributed by atoms with E-state index in [1.807, 2.05) is 0 Å². The molecule has 194 valence electrons. The monoisotopic (exact) mass is 499 g/mol. The molecule has 12 heteroatoms. The van der Waals surface area contributed by atoms with E-state index in [4.69, 9.17) is 5.73 Å². The van der Waals surface area contributed by atoms with Gasteiger partial charge in [-0.05, 0) is 30.1 Å². The van der Waals surface area contributed by atoms with Gasteiger partial charge in [-0.2, -0.15) is 18.4 Å². The van der Waals surface area contributed by atoms with Crippen LogP contribution in [0.4, 0.5) is 13.2 Å². The molecule has 3 fully saturated rings. The van der Waals surface area contributed by atoms with Gasteiger partial charge >= 0.3 is 12.1 Å². The van der Waals surface area contributed by atoms with Crippen molar-refractivity contribution in [1.82, 2.24) is 15.5 Å². The highest BCUT2D eigenvalue weighted by Gasteiger charge is 2.88. The Hall–Kier alpha value is -2.84. The van der Waals surface area contributed by atoms with Gasteiger partial charge in [-0.3, -0.25) is 19.2 Å². The first-order valence-electron chi connectivity index (χ1n) is 11.6. The molecule has 0 aromatic heterocycles. The summed E-state index contributed by atoms with van der Waals surface area (Å²) in [4.78, 5) is 52.0. The maximum Gasteiger partial charge on any atom is 0.471 e. The van der Waals surface area contributed by atoms with Crippen LogP contribution >= 0.6 is 0 Å². The Morgan fingerprint density at radius 1 is 1.29 bits per heavy atom. The number of halogens is 3. The van der Waals surface area contributed by atoms with Crippen molar-refractivity contribution in [3.8, 4) is 6.07 Å². The van der Waals surface area contributed by atoms with Crippen molar-refractivity contribution in [3.05, 3.63) is 0 Å². The molecule has 1 aliphatic carbocycles. The molecule has 4 N–H and O–H groups in total. The van der Waals surface area contributed by atoms with Gasteiger partial charge in [0.25, 0.3) is 0 Å². The number of piperidine rings is 1. The summed E-state index contributed by atoms with van der Waals surface area (Å²) in [6.45, 7) is 8.42. The van der Waals surface area contributed by atoms with Crippen molar-refractivity contribution in [1.29, 1.82) is 5.26 Å². The van der Waals surface area contributed by atoms with Crippen LogP contribution in [0.3, 0.4) is 0 Å². The van der Waals surface area contributed by atoms with Crippen LogP contribution in [0.15, 0.2) is 0 Å². The predicted octanol–water partition coefficient (Wildman–Crippen LogP) is 1.23. The Balaban J connectivity index is 2.07. The fourth-order valence-electron chi connectivity index (χ4n) is 6.30. The van der Waals surface area contributed by atoms with Crippen molar-refractivity contribution in [2.45, 2.75) is 71.6 Å². The van der Waals surface area contributed by atoms with Crippen LogP contribution in [-0.2, 0) is 19.2 Å². The third kappa shape index (κ3) is 3.74. The van der Waals surface area contributed by atoms with E-state index in [1.54, 1.807) is 19.2 Å². The van der Waals surface area contributed by atoms with E-state index in [1.165, 1.54) is 20.8 Å². The Morgan fingerprint density at radius 2 is 1.89 bits per heavy atom. The number of fused-ring (bicyclic) bond motifs is 1. The number of carbonyl (C=O) groups excluding carboxylic acids is 4. The molecule has 0 aromatic carbocycles. The van der Waals surface area contributed by atoms with Gasteiger partial charge < -0.3 is 21.3 Å². The average Bonchev–Trinajstić information content (AvgIpc) is 3.04. The summed E-state index contributed by atoms with van der Waals surface area (Å²) in [7, 11) is 0. The lowest BCUT2D eigenvalue weighted by atomic mass is 9.71. The quantitative estimate of drug-likeness (QED) is 0.503. The summed E-state index contributed by atoms with van der Waals surface area (Å²) in [5.74, 6) is -5.24. The van der Waals surface area contributed by atoms with Gasteiger partial charge in [0.05, 0.1) is 6.07 Å². The van der Waals surface area contributed by atoms with Crippen LogP contribution < -0.4 is 16.4 Å². The van der Waals surface area contributed by atoms with E-state index in [2.05, 4.69) is 11.4 Å². The van der Waals surface area contributed by atoms with E-state index in [-0.39, 0.29) is 25.3 Å². The molecular weight excluding hydrogens is 467 g/mol. The van der Waals surface area contributed by atoms with Gasteiger partial charge in [-0.25, -0.2) is 0 Å². The zero-order chi connectivity index (χ0) is 26.8. The number of hydrogen-bond acceptors (Lipinski definition) is 5. The van der Waals surface area contributed by atoms with Crippen LogP contribution in [0.25, 0.3) is 0 Å². The first-order chi connectivity index (χ1) is 15.9. The third-order valence-electron chi connectivity index (χ3n) is 8.32. The number of nitriles is 1. The zero-order valence-corrected chi connectivity index (χ0v) is 20.5. The van der Waals surface area contributed by atoms with Crippen LogP contribution in [0.2, 0.25) is 0 Å². The van der Waals surface area contributed by atoms with Crippen molar-refractivity contribution in [3.63, 3.8) is 0 Å². The molecule has 2 saturated heterocycles. The van der Waals surface area contributed by atoms with Gasteiger partial charge in [-0.1, -0.05) is 34.6 Å². The molecule has 1 saturated carbocycles. The molecule has 2 heterocycles. The van der Waals surface area contributed by atoms with Crippen molar-refractivity contribution >= 4 is 23.6 Å². The van der Waals surface area contributed by atoms with Crippen molar-refractivity contribution < 1.29 is 32.3 Å². The minimum absolute atomic E-state index is 0.0757. The number of amides is 4. The normalized spacial score (nSPS) is 32.3. The predicted molar refractivity (Wildman–Crippen MR) is 117 cm³/mol. The zero-order valence-electron chi connectivity index (χ0n) is 20.5. The molecule has 0 aromatic rings. The Morgan fingerprint density at radius 3 is 2.31 bits per heavy atom. The highest BCUT2D eigenvalue weighted by Crippen LogP contribution is 2.79. The van der Waals surface area contributed by atoms with E-state index in [0.717, 1.165) is 4.90 Å². The molecule has 0 spiro atoms. The summed E-state index contributed by atoms with van der Waals surface area (Å²) < 4.78 is 39.1. The number of rotatable bonds is 6. The number of carbonyl (C=O) groups is 4. The second-order valence-corrected chi connectivity index (χ2v) is 11.5. The van der Waals surface area contributed by atoms with Crippen LogP contribution in [0, 0.1) is 39.4 Å². The second-order valence-electron chi connectivity index (χ2n) is 11.5. The number of nitrogens with two attached hydrogens (primary N) is 1. The Bertz CT molecular complexity index is 999. The summed E-state index contributed by atoms with van der Waals surface area (Å²) in [5, 5.41) is 14.8. The summed E-state index contributed by atoms with van der Waals surface area (Å²) in [6.07, 6.45) is -4.63. The van der Waals surface area contributed by atoms with Gasteiger partial charge in [0.15, 0.2) is 0 Å². The van der Waals surface area contributed by atoms with Crippen molar-refractivity contribution in [2.75, 3.05) is 13.1 Å². The van der Waals surface area contributed by atoms with E-state index in [0.29, 0.717) is 13.0 Å². The molecular formula is C23H32F3N5O4. The standard InChI is InChI=1S/C23H32F3N5O4/c1-19(2,3)14(30-18(35)23(24,25)26)16(33)31-10-13-20(4,5)21(13,11-27)22(31,17(28)34)8-6-12-7-9-29-15(12)32/h12-14H,6-10H2,1-5H3,(H2,28,34)(H,29,32)(H,30,35)/t12-,13?,14+,21+,22?/m0/s1. The average molecular weight is 500 g/mol. The van der Waals surface area contributed by atoms with Crippen molar-refractivity contribution in [2.24, 2.45) is 33.8 Å². The lowest BCUT2D eigenvalue weighted by Gasteiger charge is -2.46. The number of likely N-dealkylation sites (tertiary alicyclic amines) is 1. The topological polar surface area (TPSA) is 145 Å². The lowest BCUT2D eigenvalue weighted by Crippen LogP contribution is -2.67. The molecule has 2 unspecified atom stereocenters. The number of primary amides is 1. The molecule has 3 aliphatic rings. The van der Waals surface area contributed by atoms with E-state index >= 15 is 0 Å². The van der Waals surface area contributed by atoms with Gasteiger partial charge in [0.2, 0.25) is 17.7 Å². The number of nitrogens with zero attached hydrogens (tertiary/aromatic N) is 2. The highest BCUT2D eigenvalue weighted by atomic mass is 19.4. The third-order valence-corrected chi connectivity index (χ3v) is 8.32. The minimum Gasteiger partial charge on any atom is -0.368 e. The number of hydrogen-bond donors (Lipinski definition) is 3. The largest absolute Gasteiger partial charge is 0.471 e. The second kappa shape index (κ2) is 8.10. The first kappa shape index (κ1) is 26.8. The molecule has 4 amide bonds. The fourth-order valence-corrected chi connectivity index (χ4v) is 6.30. The summed E-state index contributed by atoms with van der Waals surface area (Å²) >= 11 is 0. The number of nitrogens with one attached hydrogen (secondary N) is 2. The van der Waals surface area contributed by atoms with Crippen LogP contribution in [0.5, 0.6) is 0 Å². The lowest BCUT2D eigenvalue weighted by molar-refractivity contribution is -0.176. The van der Waals surface area contributed by atoms with E-state index < -0.39 is 63.6 Å². The van der Waals surface area contributed by atoms with E-state index in [9.17, 15) is 37.6 Å². The van der Waals surface area contributed by atoms with Crippen LogP contribution in [-0.4, -0.2) is 59.4 Å². The van der Waals surface area contributed by atoms with Gasteiger partial charge in [0.1, 0.15) is 17.0 Å². The SMILES string of the molecule is CC(C)(C)[C@H](NC(=O)C(F)(F)F)C(=O)N1CC2C(C)(C)[C@]2(C#N)C1(CC[C@H]1CCNC1=O)C(N)=O. The Labute approximate surface area is 201 Å². The molecule has 2 aliphatic heterocycles. The molecule has 5 atom stereocenters. The van der Waals surface area contributed by atoms with Gasteiger partial charge in [-0.15, -0.1) is 0 Å². The summed E-state index contributed by atoms with van der Waals surface area (Å²) in [6, 6.07) is 0.591. The van der Waals surface area contributed by atoms with Gasteiger partial charge in [0, 0.05) is 24.9 Å². The summed E-state index contributed by atoms with van der Waals surface area (Å²) in [5.41, 5.74) is 0.840. The number of alkyl halides is 3. The minimum atomic E-state index is -5.22. The maximum absolute atomic E-state index is 13.8. The van der Waals surface area contributed by atoms with Crippen LogP contribution in [0.1, 0.15) is 53.9 Å². The molecule has 3 rings (SSSR count). The molecule has 0 radical (unpaired) electrons. The maximum atomic E-state index is 13.8.